The first-order valence-corrected chi connectivity index (χ1v) is 10.9. The van der Waals surface area contributed by atoms with Crippen molar-refractivity contribution in [1.29, 1.82) is 0 Å². The number of carbonyl (C=O) groups excluding carboxylic acids is 1. The smallest absolute Gasteiger partial charge is 0.251 e. The van der Waals surface area contributed by atoms with E-state index in [1.54, 1.807) is 0 Å². The molecule has 0 spiro atoms. The quantitative estimate of drug-likeness (QED) is 0.806. The molecule has 2 aliphatic heterocycles. The fourth-order valence-corrected chi connectivity index (χ4v) is 7.25. The fraction of sp³-hybridized carbons (Fsp3) is 0.529. The summed E-state index contributed by atoms with van der Waals surface area (Å²) in [6, 6.07) is 6.00. The molecule has 2 atom stereocenters. The van der Waals surface area contributed by atoms with E-state index in [0.717, 1.165) is 29.7 Å². The lowest BCUT2D eigenvalue weighted by atomic mass is 10.1. The summed E-state index contributed by atoms with van der Waals surface area (Å²) in [5.74, 6) is 0.313. The van der Waals surface area contributed by atoms with E-state index in [4.69, 9.17) is 0 Å². The zero-order valence-corrected chi connectivity index (χ0v) is 15.4. The Morgan fingerprint density at radius 1 is 1.25 bits per heavy atom. The molecule has 0 aromatic heterocycles. The molecule has 5 nitrogen and oxygen atoms in total. The van der Waals surface area contributed by atoms with Crippen LogP contribution in [0.5, 0.6) is 0 Å². The van der Waals surface area contributed by atoms with E-state index in [-0.39, 0.29) is 34.6 Å². The number of benzene rings is 1. The number of nitrogens with zero attached hydrogens (tertiary/aromatic N) is 2. The maximum absolute atomic E-state index is 12.2. The van der Waals surface area contributed by atoms with Crippen LogP contribution in [-0.2, 0) is 14.6 Å². The van der Waals surface area contributed by atoms with Crippen molar-refractivity contribution in [1.82, 2.24) is 0 Å². The molecule has 1 amide bonds. The highest BCUT2D eigenvalue weighted by molar-refractivity contribution is 8.16. The molecule has 1 aromatic carbocycles. The lowest BCUT2D eigenvalue weighted by Crippen LogP contribution is -2.38. The van der Waals surface area contributed by atoms with Gasteiger partial charge in [-0.25, -0.2) is 8.42 Å². The third-order valence-electron chi connectivity index (χ3n) is 4.82. The number of thioether (sulfide) groups is 1. The van der Waals surface area contributed by atoms with Crippen molar-refractivity contribution in [3.8, 4) is 0 Å². The highest BCUT2D eigenvalue weighted by Crippen LogP contribution is 2.42. The molecule has 0 N–H and O–H groups in total. The normalized spacial score (nSPS) is 29.9. The second-order valence-electron chi connectivity index (χ2n) is 6.97. The third-order valence-corrected chi connectivity index (χ3v) is 8.03. The van der Waals surface area contributed by atoms with Gasteiger partial charge < -0.3 is 4.90 Å². The van der Waals surface area contributed by atoms with Gasteiger partial charge in [-0.2, -0.15) is 4.99 Å². The van der Waals surface area contributed by atoms with Crippen LogP contribution in [0.1, 0.15) is 24.0 Å². The second kappa shape index (κ2) is 5.59. The summed E-state index contributed by atoms with van der Waals surface area (Å²) < 4.78 is 24.1. The van der Waals surface area contributed by atoms with Crippen LogP contribution in [0.15, 0.2) is 23.2 Å². The molecule has 4 rings (SSSR count). The van der Waals surface area contributed by atoms with Crippen molar-refractivity contribution in [2.45, 2.75) is 38.0 Å². The van der Waals surface area contributed by atoms with E-state index < -0.39 is 9.84 Å². The van der Waals surface area contributed by atoms with Gasteiger partial charge >= 0.3 is 0 Å². The summed E-state index contributed by atoms with van der Waals surface area (Å²) in [6.45, 7) is 4.03. The van der Waals surface area contributed by atoms with Gasteiger partial charge in [0, 0.05) is 16.9 Å². The van der Waals surface area contributed by atoms with E-state index in [1.165, 1.54) is 11.8 Å². The molecule has 1 saturated carbocycles. The summed E-state index contributed by atoms with van der Waals surface area (Å²) in [5, 5.41) is 0.631. The molecular weight excluding hydrogens is 344 g/mol. The molecule has 3 aliphatic rings. The molecule has 128 valence electrons. The Labute approximate surface area is 146 Å². The molecule has 2 saturated heterocycles. The minimum atomic E-state index is -3.03. The van der Waals surface area contributed by atoms with Crippen LogP contribution >= 0.6 is 11.8 Å². The van der Waals surface area contributed by atoms with Gasteiger partial charge in [0.05, 0.1) is 17.5 Å². The number of aliphatic imine (C=N–C) groups is 1. The second-order valence-corrected chi connectivity index (χ2v) is 10.3. The Morgan fingerprint density at radius 2 is 2.00 bits per heavy atom. The minimum absolute atomic E-state index is 0.0411. The van der Waals surface area contributed by atoms with Gasteiger partial charge in [0.2, 0.25) is 0 Å². The van der Waals surface area contributed by atoms with Crippen molar-refractivity contribution in [2.75, 3.05) is 16.4 Å². The number of sulfone groups is 1. The predicted octanol–water partition coefficient (Wildman–Crippen LogP) is 2.31. The highest BCUT2D eigenvalue weighted by Gasteiger charge is 2.50. The molecule has 24 heavy (non-hydrogen) atoms. The first kappa shape index (κ1) is 16.1. The van der Waals surface area contributed by atoms with E-state index in [0.29, 0.717) is 5.17 Å². The Hall–Kier alpha value is -1.34. The maximum atomic E-state index is 12.2. The molecule has 0 radical (unpaired) electrons. The average Bonchev–Trinajstić information content (AvgIpc) is 3.23. The Morgan fingerprint density at radius 3 is 2.71 bits per heavy atom. The van der Waals surface area contributed by atoms with Crippen molar-refractivity contribution in [2.24, 2.45) is 10.9 Å². The number of anilines is 1. The van der Waals surface area contributed by atoms with E-state index in [1.807, 2.05) is 30.9 Å². The number of rotatable bonds is 2. The minimum Gasteiger partial charge on any atom is -0.315 e. The molecule has 0 bridgehead atoms. The number of aryl methyl sites for hydroxylation is 2. The standard InChI is InChI=1S/C17H20N2O3S2/c1-10-3-4-11(2)13(7-10)19-14-8-24(21,22)9-15(14)23-17(19)18-16(20)12-5-6-12/h3-4,7,12,14-15H,5-6,8-9H2,1-2H3/t14-,15+/m1/s1. The number of carbonyl (C=O) groups is 1. The Balaban J connectivity index is 1.77. The van der Waals surface area contributed by atoms with Crippen LogP contribution < -0.4 is 4.90 Å². The highest BCUT2D eigenvalue weighted by atomic mass is 32.2. The molecule has 3 fully saturated rings. The van der Waals surface area contributed by atoms with E-state index >= 15 is 0 Å². The molecule has 2 heterocycles. The summed E-state index contributed by atoms with van der Waals surface area (Å²) in [7, 11) is -3.03. The van der Waals surface area contributed by atoms with Crippen LogP contribution in [0.25, 0.3) is 0 Å². The summed E-state index contributed by atoms with van der Waals surface area (Å²) >= 11 is 1.45. The summed E-state index contributed by atoms with van der Waals surface area (Å²) in [4.78, 5) is 18.6. The maximum Gasteiger partial charge on any atom is 0.251 e. The van der Waals surface area contributed by atoms with Crippen molar-refractivity contribution >= 4 is 38.4 Å². The number of hydrogen-bond donors (Lipinski definition) is 0. The van der Waals surface area contributed by atoms with Crippen molar-refractivity contribution in [3.05, 3.63) is 29.3 Å². The third kappa shape index (κ3) is 2.88. The van der Waals surface area contributed by atoms with Gasteiger partial charge in [0.25, 0.3) is 5.91 Å². The number of hydrogen-bond acceptors (Lipinski definition) is 4. The SMILES string of the molecule is Cc1ccc(C)c(N2C(=NC(=O)C3CC3)S[C@H]3CS(=O)(=O)C[C@H]32)c1. The molecule has 1 aromatic rings. The van der Waals surface area contributed by atoms with Gasteiger partial charge in [-0.05, 0) is 43.9 Å². The first-order valence-electron chi connectivity index (χ1n) is 8.20. The van der Waals surface area contributed by atoms with Gasteiger partial charge in [0.15, 0.2) is 15.0 Å². The fourth-order valence-electron chi connectivity index (χ4n) is 3.34. The van der Waals surface area contributed by atoms with Crippen LogP contribution in [0.2, 0.25) is 0 Å². The number of amidine groups is 1. The topological polar surface area (TPSA) is 66.8 Å². The van der Waals surface area contributed by atoms with E-state index in [9.17, 15) is 13.2 Å². The Kier molecular flexibility index (Phi) is 3.76. The predicted molar refractivity (Wildman–Crippen MR) is 97.4 cm³/mol. The Bertz CT molecular complexity index is 843. The zero-order valence-electron chi connectivity index (χ0n) is 13.7. The van der Waals surface area contributed by atoms with Crippen LogP contribution in [-0.4, -0.2) is 42.3 Å². The molecular formula is C17H20N2O3S2. The van der Waals surface area contributed by atoms with Gasteiger partial charge in [-0.15, -0.1) is 0 Å². The molecule has 0 unspecified atom stereocenters. The van der Waals surface area contributed by atoms with Crippen molar-refractivity contribution < 1.29 is 13.2 Å². The van der Waals surface area contributed by atoms with Crippen LogP contribution in [0.4, 0.5) is 5.69 Å². The van der Waals surface area contributed by atoms with Gasteiger partial charge in [-0.1, -0.05) is 23.9 Å². The summed E-state index contributed by atoms with van der Waals surface area (Å²) in [5.41, 5.74) is 3.14. The largest absolute Gasteiger partial charge is 0.315 e. The lowest BCUT2D eigenvalue weighted by Gasteiger charge is -2.26. The van der Waals surface area contributed by atoms with Crippen LogP contribution in [0, 0.1) is 19.8 Å². The lowest BCUT2D eigenvalue weighted by molar-refractivity contribution is -0.118. The van der Waals surface area contributed by atoms with Gasteiger partial charge in [-0.3, -0.25) is 4.79 Å². The summed E-state index contributed by atoms with van der Waals surface area (Å²) in [6.07, 6.45) is 1.84. The molecule has 1 aliphatic carbocycles. The van der Waals surface area contributed by atoms with Crippen molar-refractivity contribution in [3.63, 3.8) is 0 Å². The van der Waals surface area contributed by atoms with Crippen LogP contribution in [0.3, 0.4) is 0 Å². The van der Waals surface area contributed by atoms with Gasteiger partial charge in [0.1, 0.15) is 0 Å². The van der Waals surface area contributed by atoms with E-state index in [2.05, 4.69) is 11.1 Å². The monoisotopic (exact) mass is 364 g/mol. The number of amides is 1. The first-order chi connectivity index (χ1) is 11.3. The zero-order chi connectivity index (χ0) is 17.1. The number of fused-ring (bicyclic) bond motifs is 1. The molecule has 7 heteroatoms. The average molecular weight is 364 g/mol.